The van der Waals surface area contributed by atoms with Crippen LogP contribution in [0.4, 0.5) is 0 Å². The molecule has 22 heavy (non-hydrogen) atoms. The predicted octanol–water partition coefficient (Wildman–Crippen LogP) is 5.15. The Labute approximate surface area is 133 Å². The van der Waals surface area contributed by atoms with Crippen molar-refractivity contribution in [3.05, 3.63) is 66.7 Å². The molecule has 0 spiro atoms. The minimum Gasteiger partial charge on any atom is -0.134 e. The monoisotopic (exact) mass is 294 g/mol. The fourth-order valence-corrected chi connectivity index (χ4v) is 4.71. The Bertz CT molecular complexity index is 1180. The largest absolute Gasteiger partial charge is 0.134 e. The van der Waals surface area contributed by atoms with E-state index in [1.54, 1.807) is 0 Å². The molecule has 0 aliphatic carbocycles. The lowest BCUT2D eigenvalue weighted by Gasteiger charge is -2.04. The number of fused-ring (bicyclic) bond motifs is 7. The summed E-state index contributed by atoms with van der Waals surface area (Å²) in [4.78, 5) is 0. The summed E-state index contributed by atoms with van der Waals surface area (Å²) in [7, 11) is 6.29. The standard InChI is InChI=1S/C20H11BS/c21-18-11-17-16-10-9-12-5-1-2-6-13(12)19(16)22-20(17)15-8-4-3-7-14(15)18/h1-11H. The molecule has 1 aromatic heterocycles. The molecule has 1 heterocycles. The van der Waals surface area contributed by atoms with E-state index in [0.717, 1.165) is 10.8 Å². The molecule has 0 aliphatic heterocycles. The Balaban J connectivity index is 2.10. The van der Waals surface area contributed by atoms with E-state index < -0.39 is 0 Å². The van der Waals surface area contributed by atoms with Gasteiger partial charge in [0, 0.05) is 20.2 Å². The van der Waals surface area contributed by atoms with Gasteiger partial charge in [0.05, 0.1) is 0 Å². The van der Waals surface area contributed by atoms with Crippen LogP contribution in [0.15, 0.2) is 66.7 Å². The zero-order valence-corrected chi connectivity index (χ0v) is 12.7. The van der Waals surface area contributed by atoms with E-state index in [4.69, 9.17) is 7.85 Å². The lowest BCUT2D eigenvalue weighted by Crippen LogP contribution is -2.02. The normalized spacial score (nSPS) is 11.8. The van der Waals surface area contributed by atoms with Crippen LogP contribution in [0.25, 0.3) is 41.7 Å². The van der Waals surface area contributed by atoms with Gasteiger partial charge in [0.1, 0.15) is 7.85 Å². The summed E-state index contributed by atoms with van der Waals surface area (Å²) >= 11 is 1.87. The van der Waals surface area contributed by atoms with Crippen LogP contribution in [0.2, 0.25) is 0 Å². The SMILES string of the molecule is [B]c1cc2c3ccc4ccccc4c3sc2c2ccccc12. The lowest BCUT2D eigenvalue weighted by atomic mass is 9.88. The molecule has 2 radical (unpaired) electrons. The fraction of sp³-hybridized carbons (Fsp3) is 0. The highest BCUT2D eigenvalue weighted by Crippen LogP contribution is 2.40. The Morgan fingerprint density at radius 2 is 1.23 bits per heavy atom. The van der Waals surface area contributed by atoms with Gasteiger partial charge < -0.3 is 0 Å². The molecule has 4 aromatic carbocycles. The van der Waals surface area contributed by atoms with E-state index in [0.29, 0.717) is 0 Å². The molecule has 0 unspecified atom stereocenters. The van der Waals surface area contributed by atoms with E-state index in [1.165, 1.54) is 36.3 Å². The molecule has 0 saturated carbocycles. The molecular weight excluding hydrogens is 283 g/mol. The zero-order valence-electron chi connectivity index (χ0n) is 11.8. The molecule has 0 atom stereocenters. The lowest BCUT2D eigenvalue weighted by molar-refractivity contribution is 1.82. The smallest absolute Gasteiger partial charge is 0.114 e. The average molecular weight is 294 g/mol. The van der Waals surface area contributed by atoms with Crippen molar-refractivity contribution in [1.82, 2.24) is 0 Å². The first-order chi connectivity index (χ1) is 10.8. The Morgan fingerprint density at radius 3 is 2.09 bits per heavy atom. The first kappa shape index (κ1) is 12.3. The second kappa shape index (κ2) is 4.34. The van der Waals surface area contributed by atoms with E-state index in [1.807, 2.05) is 17.4 Å². The molecule has 0 nitrogen and oxygen atoms in total. The summed E-state index contributed by atoms with van der Waals surface area (Å²) in [5.41, 5.74) is 0.857. The number of hydrogen-bond donors (Lipinski definition) is 0. The molecule has 5 rings (SSSR count). The first-order valence-electron chi connectivity index (χ1n) is 7.34. The highest BCUT2D eigenvalue weighted by Gasteiger charge is 2.11. The maximum absolute atomic E-state index is 6.29. The fourth-order valence-electron chi connectivity index (χ4n) is 3.35. The van der Waals surface area contributed by atoms with Gasteiger partial charge in [-0.05, 0) is 21.5 Å². The maximum atomic E-state index is 6.29. The van der Waals surface area contributed by atoms with Crippen molar-refractivity contribution in [2.45, 2.75) is 0 Å². The molecule has 2 heteroatoms. The van der Waals surface area contributed by atoms with Gasteiger partial charge in [-0.3, -0.25) is 0 Å². The third-order valence-corrected chi connectivity index (χ3v) is 5.69. The molecule has 100 valence electrons. The number of rotatable bonds is 0. The van der Waals surface area contributed by atoms with Crippen molar-refractivity contribution in [3.8, 4) is 0 Å². The Kier molecular flexibility index (Phi) is 2.42. The van der Waals surface area contributed by atoms with E-state index in [9.17, 15) is 0 Å². The number of benzene rings is 4. The van der Waals surface area contributed by atoms with Crippen molar-refractivity contribution in [2.75, 3.05) is 0 Å². The summed E-state index contributed by atoms with van der Waals surface area (Å²) in [5, 5.41) is 7.58. The van der Waals surface area contributed by atoms with Crippen molar-refractivity contribution in [2.24, 2.45) is 0 Å². The molecule has 0 bridgehead atoms. The van der Waals surface area contributed by atoms with Gasteiger partial charge in [-0.1, -0.05) is 72.2 Å². The molecular formula is C20H11BS. The molecule has 0 saturated heterocycles. The first-order valence-corrected chi connectivity index (χ1v) is 8.16. The molecule has 0 N–H and O–H groups in total. The van der Waals surface area contributed by atoms with Crippen LogP contribution < -0.4 is 5.46 Å². The van der Waals surface area contributed by atoms with Gasteiger partial charge in [-0.15, -0.1) is 11.3 Å². The van der Waals surface area contributed by atoms with Gasteiger partial charge >= 0.3 is 0 Å². The van der Waals surface area contributed by atoms with Gasteiger partial charge in [-0.25, -0.2) is 0 Å². The Morgan fingerprint density at radius 1 is 0.591 bits per heavy atom. The minimum atomic E-state index is 0.857. The summed E-state index contributed by atoms with van der Waals surface area (Å²) in [5.74, 6) is 0. The Hall–Kier alpha value is -2.32. The summed E-state index contributed by atoms with van der Waals surface area (Å²) in [6.45, 7) is 0. The highest BCUT2D eigenvalue weighted by atomic mass is 32.1. The topological polar surface area (TPSA) is 0 Å². The molecule has 0 aliphatic rings. The van der Waals surface area contributed by atoms with Crippen LogP contribution in [0, 0.1) is 0 Å². The van der Waals surface area contributed by atoms with E-state index >= 15 is 0 Å². The third-order valence-electron chi connectivity index (χ3n) is 4.40. The number of thiophene rings is 1. The van der Waals surface area contributed by atoms with Crippen LogP contribution in [-0.2, 0) is 0 Å². The quantitative estimate of drug-likeness (QED) is 0.346. The van der Waals surface area contributed by atoms with Crippen LogP contribution >= 0.6 is 11.3 Å². The highest BCUT2D eigenvalue weighted by molar-refractivity contribution is 7.27. The van der Waals surface area contributed by atoms with Crippen LogP contribution in [0.1, 0.15) is 0 Å². The molecule has 0 fully saturated rings. The molecule has 5 aromatic rings. The van der Waals surface area contributed by atoms with Crippen LogP contribution in [0.5, 0.6) is 0 Å². The minimum absolute atomic E-state index is 0.857. The summed E-state index contributed by atoms with van der Waals surface area (Å²) < 4.78 is 2.68. The summed E-state index contributed by atoms with van der Waals surface area (Å²) in [6, 6.07) is 23.6. The van der Waals surface area contributed by atoms with Crippen molar-refractivity contribution in [3.63, 3.8) is 0 Å². The second-order valence-electron chi connectivity index (χ2n) is 5.65. The van der Waals surface area contributed by atoms with E-state index in [-0.39, 0.29) is 0 Å². The third kappa shape index (κ3) is 1.53. The van der Waals surface area contributed by atoms with Crippen LogP contribution in [0.3, 0.4) is 0 Å². The van der Waals surface area contributed by atoms with Gasteiger partial charge in [0.15, 0.2) is 0 Å². The van der Waals surface area contributed by atoms with Crippen molar-refractivity contribution in [1.29, 1.82) is 0 Å². The zero-order chi connectivity index (χ0) is 14.7. The second-order valence-corrected chi connectivity index (χ2v) is 6.67. The van der Waals surface area contributed by atoms with Crippen molar-refractivity contribution >= 4 is 66.4 Å². The summed E-state index contributed by atoms with van der Waals surface area (Å²) in [6.07, 6.45) is 0. The van der Waals surface area contributed by atoms with E-state index in [2.05, 4.69) is 60.7 Å². The van der Waals surface area contributed by atoms with Gasteiger partial charge in [0.2, 0.25) is 0 Å². The van der Waals surface area contributed by atoms with Gasteiger partial charge in [-0.2, -0.15) is 0 Å². The number of hydrogen-bond acceptors (Lipinski definition) is 1. The van der Waals surface area contributed by atoms with Gasteiger partial charge in [0.25, 0.3) is 0 Å². The van der Waals surface area contributed by atoms with Crippen LogP contribution in [-0.4, -0.2) is 7.85 Å². The van der Waals surface area contributed by atoms with Crippen molar-refractivity contribution < 1.29 is 0 Å². The maximum Gasteiger partial charge on any atom is 0.114 e. The average Bonchev–Trinajstić information content (AvgIpc) is 2.94. The molecule has 0 amide bonds. The predicted molar refractivity (Wildman–Crippen MR) is 99.7 cm³/mol.